The zero-order valence-corrected chi connectivity index (χ0v) is 24.6. The first-order valence-electron chi connectivity index (χ1n) is 15.0. The van der Waals surface area contributed by atoms with Gasteiger partial charge in [-0.25, -0.2) is 4.39 Å². The van der Waals surface area contributed by atoms with Crippen molar-refractivity contribution in [3.05, 3.63) is 98.7 Å². The van der Waals surface area contributed by atoms with E-state index in [0.29, 0.717) is 24.3 Å². The molecule has 1 amide bonds. The highest BCUT2D eigenvalue weighted by molar-refractivity contribution is 7.98. The van der Waals surface area contributed by atoms with E-state index < -0.39 is 24.1 Å². The van der Waals surface area contributed by atoms with E-state index in [1.807, 2.05) is 29.2 Å². The summed E-state index contributed by atoms with van der Waals surface area (Å²) in [6.07, 6.45) is 4.65. The van der Waals surface area contributed by atoms with Crippen LogP contribution in [0.2, 0.25) is 0 Å². The number of carboxylic acid groups (broad SMARTS) is 1. The van der Waals surface area contributed by atoms with Crippen molar-refractivity contribution in [3.63, 3.8) is 0 Å². The maximum absolute atomic E-state index is 16.2. The van der Waals surface area contributed by atoms with Crippen molar-refractivity contribution in [2.24, 2.45) is 11.8 Å². The second-order valence-electron chi connectivity index (χ2n) is 12.6. The number of piperidine rings is 1. The number of aliphatic carboxylic acids is 1. The van der Waals surface area contributed by atoms with Crippen molar-refractivity contribution >= 4 is 23.6 Å². The molecule has 5 aliphatic heterocycles. The summed E-state index contributed by atoms with van der Waals surface area (Å²) in [5, 5.41) is 11.8. The van der Waals surface area contributed by atoms with Crippen molar-refractivity contribution in [1.29, 1.82) is 0 Å². The fourth-order valence-corrected chi connectivity index (χ4v) is 9.40. The molecule has 3 fully saturated rings. The molecule has 0 radical (unpaired) electrons. The van der Waals surface area contributed by atoms with Gasteiger partial charge in [-0.3, -0.25) is 24.1 Å². The van der Waals surface area contributed by atoms with Gasteiger partial charge < -0.3 is 14.7 Å². The summed E-state index contributed by atoms with van der Waals surface area (Å²) in [6, 6.07) is 14.0. The predicted molar refractivity (Wildman–Crippen MR) is 158 cm³/mol. The van der Waals surface area contributed by atoms with Gasteiger partial charge in [0.25, 0.3) is 5.91 Å². The minimum Gasteiger partial charge on any atom is -0.481 e. The normalized spacial score (nSPS) is 29.2. The maximum atomic E-state index is 16.2. The van der Waals surface area contributed by atoms with Crippen LogP contribution in [-0.2, 0) is 21.7 Å². The molecule has 3 saturated heterocycles. The van der Waals surface area contributed by atoms with Gasteiger partial charge in [-0.15, -0.1) is 11.8 Å². The number of pyridine rings is 1. The lowest BCUT2D eigenvalue weighted by Gasteiger charge is -2.57. The summed E-state index contributed by atoms with van der Waals surface area (Å²) in [7, 11) is 0. The first-order valence-corrected chi connectivity index (χ1v) is 16.0. The van der Waals surface area contributed by atoms with Gasteiger partial charge in [0.1, 0.15) is 23.7 Å². The summed E-state index contributed by atoms with van der Waals surface area (Å²) >= 11 is 1.66. The highest BCUT2D eigenvalue weighted by atomic mass is 32.2. The number of carboxylic acids is 1. The lowest BCUT2D eigenvalue weighted by atomic mass is 9.71. The third kappa shape index (κ3) is 3.88. The SMILES string of the molecule is CC(Cc1c2n(ccc1=O)N([C@@H]1c3ccccc3SCc3cccc(F)c31)[C@@H]1[C@H]3C[C@@H]4CC[C@@]3(CCN1C2=O)O4)C(=O)O. The number of nitrogens with zero attached hydrogens (tertiary/aromatic N) is 3. The van der Waals surface area contributed by atoms with E-state index in [1.165, 1.54) is 12.1 Å². The van der Waals surface area contributed by atoms with E-state index in [0.717, 1.165) is 35.3 Å². The molecule has 6 heterocycles. The van der Waals surface area contributed by atoms with E-state index in [9.17, 15) is 19.5 Å². The number of carbonyl (C=O) groups is 2. The summed E-state index contributed by atoms with van der Waals surface area (Å²) in [5.74, 6) is -1.91. The van der Waals surface area contributed by atoms with Crippen LogP contribution in [0.25, 0.3) is 0 Å². The lowest BCUT2D eigenvalue weighted by molar-refractivity contribution is -0.141. The van der Waals surface area contributed by atoms with Crippen molar-refractivity contribution < 1.29 is 23.8 Å². The fourth-order valence-electron chi connectivity index (χ4n) is 8.32. The Bertz CT molecular complexity index is 1740. The number of rotatable bonds is 4. The molecular formula is C33H32FN3O5S. The molecule has 2 bridgehead atoms. The van der Waals surface area contributed by atoms with Crippen molar-refractivity contribution in [3.8, 4) is 0 Å². The van der Waals surface area contributed by atoms with Gasteiger partial charge in [0.15, 0.2) is 5.43 Å². The van der Waals surface area contributed by atoms with Gasteiger partial charge in [-0.05, 0) is 55.4 Å². The van der Waals surface area contributed by atoms with Crippen LogP contribution in [0.1, 0.15) is 71.4 Å². The summed E-state index contributed by atoms with van der Waals surface area (Å²) in [6.45, 7) is 1.98. The summed E-state index contributed by atoms with van der Waals surface area (Å²) < 4.78 is 24.6. The van der Waals surface area contributed by atoms with E-state index in [-0.39, 0.29) is 52.5 Å². The Balaban J connectivity index is 1.42. The van der Waals surface area contributed by atoms with Crippen LogP contribution in [0.3, 0.4) is 0 Å². The smallest absolute Gasteiger partial charge is 0.306 e. The first-order chi connectivity index (χ1) is 20.8. The van der Waals surface area contributed by atoms with Crippen LogP contribution in [-0.4, -0.2) is 51.0 Å². The van der Waals surface area contributed by atoms with Crippen LogP contribution < -0.4 is 10.4 Å². The van der Waals surface area contributed by atoms with Crippen molar-refractivity contribution in [2.75, 3.05) is 11.6 Å². The second kappa shape index (κ2) is 9.69. The molecule has 2 aromatic carbocycles. The minimum atomic E-state index is -1.04. The summed E-state index contributed by atoms with van der Waals surface area (Å²) in [4.78, 5) is 42.6. The third-order valence-corrected chi connectivity index (χ3v) is 11.4. The number of carbonyl (C=O) groups excluding carboxylic acids is 1. The van der Waals surface area contributed by atoms with Crippen LogP contribution >= 0.6 is 11.8 Å². The van der Waals surface area contributed by atoms with E-state index in [2.05, 4.69) is 11.1 Å². The van der Waals surface area contributed by atoms with Gasteiger partial charge in [0.05, 0.1) is 17.6 Å². The quantitative estimate of drug-likeness (QED) is 0.463. The number of benzene rings is 2. The lowest BCUT2D eigenvalue weighted by Crippen LogP contribution is -2.70. The highest BCUT2D eigenvalue weighted by Gasteiger charge is 2.63. The Kier molecular flexibility index (Phi) is 6.07. The first kappa shape index (κ1) is 27.0. The minimum absolute atomic E-state index is 0.00351. The van der Waals surface area contributed by atoms with Gasteiger partial charge in [0, 0.05) is 46.5 Å². The van der Waals surface area contributed by atoms with Crippen LogP contribution in [0.5, 0.6) is 0 Å². The molecule has 1 aromatic heterocycles. The number of hydrogen-bond acceptors (Lipinski definition) is 6. The molecular weight excluding hydrogens is 569 g/mol. The molecule has 5 aliphatic rings. The monoisotopic (exact) mass is 601 g/mol. The molecule has 1 N–H and O–H groups in total. The van der Waals surface area contributed by atoms with Crippen LogP contribution in [0.4, 0.5) is 4.39 Å². The number of halogens is 1. The average molecular weight is 602 g/mol. The fraction of sp³-hybridized carbons (Fsp3) is 0.424. The molecule has 0 aliphatic carbocycles. The molecule has 222 valence electrons. The number of thioether (sulfide) groups is 1. The molecule has 6 atom stereocenters. The number of amides is 1. The molecule has 8 nitrogen and oxygen atoms in total. The number of fused-ring (bicyclic) bond motifs is 6. The molecule has 10 heteroatoms. The van der Waals surface area contributed by atoms with Crippen molar-refractivity contribution in [2.45, 2.75) is 73.6 Å². The van der Waals surface area contributed by atoms with Gasteiger partial charge >= 0.3 is 5.97 Å². The average Bonchev–Trinajstić information content (AvgIpc) is 3.53. The molecule has 43 heavy (non-hydrogen) atoms. The Morgan fingerprint density at radius 3 is 2.81 bits per heavy atom. The van der Waals surface area contributed by atoms with E-state index >= 15 is 4.39 Å². The molecule has 1 unspecified atom stereocenters. The summed E-state index contributed by atoms with van der Waals surface area (Å²) in [5.41, 5.74) is 2.00. The van der Waals surface area contributed by atoms with Crippen molar-refractivity contribution in [1.82, 2.24) is 9.58 Å². The zero-order chi connectivity index (χ0) is 29.6. The molecule has 1 spiro atoms. The number of hydrogen-bond donors (Lipinski definition) is 1. The van der Waals surface area contributed by atoms with Crippen LogP contribution in [0, 0.1) is 17.7 Å². The second-order valence-corrected chi connectivity index (χ2v) is 13.6. The Morgan fingerprint density at radius 2 is 2.00 bits per heavy atom. The number of ether oxygens (including phenoxy) is 1. The van der Waals surface area contributed by atoms with Gasteiger partial charge in [0.2, 0.25) is 0 Å². The van der Waals surface area contributed by atoms with E-state index in [1.54, 1.807) is 35.6 Å². The largest absolute Gasteiger partial charge is 0.481 e. The Labute approximate surface area is 252 Å². The molecule has 3 aromatic rings. The molecule has 0 saturated carbocycles. The predicted octanol–water partition coefficient (Wildman–Crippen LogP) is 4.71. The number of aromatic nitrogens is 1. The Morgan fingerprint density at radius 1 is 1.16 bits per heavy atom. The van der Waals surface area contributed by atoms with Crippen LogP contribution in [0.15, 0.2) is 64.4 Å². The maximum Gasteiger partial charge on any atom is 0.306 e. The van der Waals surface area contributed by atoms with E-state index in [4.69, 9.17) is 4.74 Å². The topological polar surface area (TPSA) is 92.1 Å². The highest BCUT2D eigenvalue weighted by Crippen LogP contribution is 2.57. The Hall–Kier alpha value is -3.63. The standard InChI is InChI=1S/C33H32FN3O5S/c1-18(32(40)41)15-22-25(38)10-13-36-29(22)31(39)35-14-12-33-11-9-20(42-33)16-23(33)30(35)37(36)28-21-6-2-3-8-26(21)43-17-19-5-4-7-24(34)27(19)28/h2-8,10,13,18,20,23,28,30H,9,11-12,14-17H2,1H3,(H,40,41)/t18?,20-,23+,28+,30+,33-/m0/s1. The zero-order valence-electron chi connectivity index (χ0n) is 23.7. The van der Waals surface area contributed by atoms with Gasteiger partial charge in [-0.2, -0.15) is 0 Å². The molecule has 8 rings (SSSR count). The third-order valence-electron chi connectivity index (χ3n) is 10.3. The van der Waals surface area contributed by atoms with Gasteiger partial charge in [-0.1, -0.05) is 37.3 Å².